The molecule has 0 amide bonds. The molecule has 0 bridgehead atoms. The summed E-state index contributed by atoms with van der Waals surface area (Å²) in [4.78, 5) is 0. The van der Waals surface area contributed by atoms with Crippen LogP contribution in [0.3, 0.4) is 0 Å². The second kappa shape index (κ2) is 4.91. The zero-order valence-corrected chi connectivity index (χ0v) is 11.5. The van der Waals surface area contributed by atoms with Gasteiger partial charge in [-0.1, -0.05) is 6.07 Å². The molecule has 0 aliphatic heterocycles. The normalized spacial score (nSPS) is 10.4. The second-order valence-corrected chi connectivity index (χ2v) is 4.92. The van der Waals surface area contributed by atoms with Crippen molar-refractivity contribution in [2.45, 2.75) is 20.4 Å². The van der Waals surface area contributed by atoms with E-state index in [4.69, 9.17) is 4.42 Å². The van der Waals surface area contributed by atoms with E-state index < -0.39 is 0 Å². The maximum Gasteiger partial charge on any atom is 0.164 e. The highest BCUT2D eigenvalue weighted by Gasteiger charge is 2.00. The van der Waals surface area contributed by atoms with Gasteiger partial charge >= 0.3 is 0 Å². The Morgan fingerprint density at radius 3 is 2.56 bits per heavy atom. The van der Waals surface area contributed by atoms with Gasteiger partial charge in [0.25, 0.3) is 0 Å². The van der Waals surface area contributed by atoms with Crippen LogP contribution in [0.2, 0.25) is 0 Å². The zero-order chi connectivity index (χ0) is 11.5. The van der Waals surface area contributed by atoms with Crippen LogP contribution in [-0.4, -0.2) is 0 Å². The van der Waals surface area contributed by atoms with Gasteiger partial charge in [0.05, 0.1) is 6.54 Å². The lowest BCUT2D eigenvalue weighted by Gasteiger charge is -2.07. The van der Waals surface area contributed by atoms with Crippen molar-refractivity contribution in [3.63, 3.8) is 0 Å². The minimum atomic E-state index is 0.728. The van der Waals surface area contributed by atoms with Gasteiger partial charge in [-0.3, -0.25) is 0 Å². The monoisotopic (exact) mass is 327 g/mol. The number of nitrogens with one attached hydrogen (secondary N) is 1. The molecule has 2 aromatic rings. The first kappa shape index (κ1) is 11.5. The minimum Gasteiger partial charge on any atom is -0.454 e. The lowest BCUT2D eigenvalue weighted by molar-refractivity contribution is 0.493. The Labute approximate surface area is 109 Å². The Morgan fingerprint density at radius 1 is 1.12 bits per heavy atom. The molecule has 1 N–H and O–H groups in total. The Balaban J connectivity index is 2.02. The van der Waals surface area contributed by atoms with E-state index in [9.17, 15) is 0 Å². The summed E-state index contributed by atoms with van der Waals surface area (Å²) >= 11 is 2.17. The smallest absolute Gasteiger partial charge is 0.164 e. The number of furan rings is 1. The number of benzene rings is 1. The molecule has 0 aliphatic rings. The van der Waals surface area contributed by atoms with Crippen molar-refractivity contribution in [1.29, 1.82) is 0 Å². The molecule has 2 nitrogen and oxygen atoms in total. The molecular weight excluding hydrogens is 313 g/mol. The fraction of sp³-hybridized carbons (Fsp3) is 0.231. The molecule has 0 atom stereocenters. The molecule has 1 aromatic carbocycles. The summed E-state index contributed by atoms with van der Waals surface area (Å²) in [6.45, 7) is 4.97. The molecule has 3 heteroatoms. The average molecular weight is 327 g/mol. The van der Waals surface area contributed by atoms with Crippen LogP contribution in [0.5, 0.6) is 0 Å². The Hall–Kier alpha value is -0.970. The van der Waals surface area contributed by atoms with Crippen molar-refractivity contribution in [1.82, 2.24) is 0 Å². The first-order valence-electron chi connectivity index (χ1n) is 5.20. The van der Waals surface area contributed by atoms with Crippen molar-refractivity contribution < 1.29 is 4.42 Å². The molecular formula is C13H14INO. The lowest BCUT2D eigenvalue weighted by Crippen LogP contribution is -1.98. The van der Waals surface area contributed by atoms with Crippen molar-refractivity contribution >= 4 is 28.3 Å². The number of aryl methyl sites for hydroxylation is 2. The van der Waals surface area contributed by atoms with E-state index in [0.717, 1.165) is 21.8 Å². The Bertz CT molecular complexity index is 490. The molecule has 0 aliphatic carbocycles. The summed E-state index contributed by atoms with van der Waals surface area (Å²) < 4.78 is 6.41. The molecule has 0 saturated carbocycles. The van der Waals surface area contributed by atoms with E-state index in [0.29, 0.717) is 0 Å². The molecule has 0 unspecified atom stereocenters. The van der Waals surface area contributed by atoms with E-state index in [1.54, 1.807) is 0 Å². The first-order valence-corrected chi connectivity index (χ1v) is 6.28. The van der Waals surface area contributed by atoms with Gasteiger partial charge in [-0.05, 0) is 71.8 Å². The van der Waals surface area contributed by atoms with Crippen molar-refractivity contribution in [3.8, 4) is 0 Å². The lowest BCUT2D eigenvalue weighted by atomic mass is 10.1. The standard InChI is InChI=1S/C13H14INO/c1-9-3-4-11(7-10(9)2)15-8-12-5-6-13(14)16-12/h3-7,15H,8H2,1-2H3. The predicted octanol–water partition coefficient (Wildman–Crippen LogP) is 4.11. The maximum absolute atomic E-state index is 5.48. The molecule has 1 heterocycles. The van der Waals surface area contributed by atoms with E-state index >= 15 is 0 Å². The SMILES string of the molecule is Cc1ccc(NCc2ccc(I)o2)cc1C. The van der Waals surface area contributed by atoms with Crippen molar-refractivity contribution in [2.75, 3.05) is 5.32 Å². The van der Waals surface area contributed by atoms with Crippen LogP contribution >= 0.6 is 22.6 Å². The number of rotatable bonds is 3. The van der Waals surface area contributed by atoms with Gasteiger partial charge in [0, 0.05) is 5.69 Å². The van der Waals surface area contributed by atoms with Gasteiger partial charge in [-0.25, -0.2) is 0 Å². The van der Waals surface area contributed by atoms with Gasteiger partial charge in [-0.2, -0.15) is 0 Å². The molecule has 0 saturated heterocycles. The molecule has 0 fully saturated rings. The quantitative estimate of drug-likeness (QED) is 0.858. The molecule has 0 spiro atoms. The predicted molar refractivity (Wildman–Crippen MR) is 74.7 cm³/mol. The largest absolute Gasteiger partial charge is 0.454 e. The fourth-order valence-electron chi connectivity index (χ4n) is 1.49. The number of anilines is 1. The number of halogens is 1. The summed E-state index contributed by atoms with van der Waals surface area (Å²) in [5.74, 6) is 0.961. The van der Waals surface area contributed by atoms with Crippen LogP contribution in [-0.2, 0) is 6.54 Å². The van der Waals surface area contributed by atoms with Crippen LogP contribution in [0.15, 0.2) is 34.7 Å². The van der Waals surface area contributed by atoms with E-state index in [-0.39, 0.29) is 0 Å². The third-order valence-corrected chi connectivity index (χ3v) is 3.18. The molecule has 2 rings (SSSR count). The molecule has 1 aromatic heterocycles. The van der Waals surface area contributed by atoms with Gasteiger partial charge in [-0.15, -0.1) is 0 Å². The molecule has 16 heavy (non-hydrogen) atoms. The topological polar surface area (TPSA) is 25.2 Å². The van der Waals surface area contributed by atoms with Crippen LogP contribution < -0.4 is 5.32 Å². The van der Waals surface area contributed by atoms with E-state index in [1.807, 2.05) is 12.1 Å². The summed E-state index contributed by atoms with van der Waals surface area (Å²) in [5, 5.41) is 3.35. The van der Waals surface area contributed by atoms with Crippen molar-refractivity contribution in [2.24, 2.45) is 0 Å². The van der Waals surface area contributed by atoms with Crippen LogP contribution in [0, 0.1) is 17.6 Å². The van der Waals surface area contributed by atoms with Gasteiger partial charge < -0.3 is 9.73 Å². The van der Waals surface area contributed by atoms with Gasteiger partial charge in [0.1, 0.15) is 5.76 Å². The maximum atomic E-state index is 5.48. The Morgan fingerprint density at radius 2 is 1.94 bits per heavy atom. The summed E-state index contributed by atoms with van der Waals surface area (Å²) in [6, 6.07) is 10.3. The summed E-state index contributed by atoms with van der Waals surface area (Å²) in [5.41, 5.74) is 3.76. The minimum absolute atomic E-state index is 0.728. The van der Waals surface area contributed by atoms with E-state index in [1.165, 1.54) is 11.1 Å². The molecule has 84 valence electrons. The first-order chi connectivity index (χ1) is 7.65. The van der Waals surface area contributed by atoms with Crippen LogP contribution in [0.1, 0.15) is 16.9 Å². The highest BCUT2D eigenvalue weighted by molar-refractivity contribution is 14.1. The van der Waals surface area contributed by atoms with Gasteiger partial charge in [0.2, 0.25) is 0 Å². The van der Waals surface area contributed by atoms with Crippen molar-refractivity contribution in [3.05, 3.63) is 51.0 Å². The third kappa shape index (κ3) is 2.78. The Kier molecular flexibility index (Phi) is 3.53. The third-order valence-electron chi connectivity index (χ3n) is 2.60. The highest BCUT2D eigenvalue weighted by Crippen LogP contribution is 2.16. The highest BCUT2D eigenvalue weighted by atomic mass is 127. The summed E-state index contributed by atoms with van der Waals surface area (Å²) in [7, 11) is 0. The zero-order valence-electron chi connectivity index (χ0n) is 9.38. The van der Waals surface area contributed by atoms with Crippen LogP contribution in [0.4, 0.5) is 5.69 Å². The van der Waals surface area contributed by atoms with Gasteiger partial charge in [0.15, 0.2) is 3.77 Å². The summed E-state index contributed by atoms with van der Waals surface area (Å²) in [6.07, 6.45) is 0. The molecule has 0 radical (unpaired) electrons. The van der Waals surface area contributed by atoms with Crippen LogP contribution in [0.25, 0.3) is 0 Å². The van der Waals surface area contributed by atoms with E-state index in [2.05, 4.69) is 60.0 Å². The fourth-order valence-corrected chi connectivity index (χ4v) is 1.95. The second-order valence-electron chi connectivity index (χ2n) is 3.86. The average Bonchev–Trinajstić information content (AvgIpc) is 2.66. The number of hydrogen-bond acceptors (Lipinski definition) is 2. The number of hydrogen-bond donors (Lipinski definition) is 1.